The Morgan fingerprint density at radius 2 is 2.21 bits per heavy atom. The topological polar surface area (TPSA) is 67.2 Å². The first-order valence-electron chi connectivity index (χ1n) is 8.69. The van der Waals surface area contributed by atoms with E-state index < -0.39 is 0 Å². The van der Waals surface area contributed by atoms with Gasteiger partial charge in [-0.3, -0.25) is 14.3 Å². The largest absolute Gasteiger partial charge is 0.355 e. The second-order valence-electron chi connectivity index (χ2n) is 6.86. The molecule has 1 aromatic heterocycles. The van der Waals surface area contributed by atoms with Crippen molar-refractivity contribution in [3.8, 4) is 0 Å². The van der Waals surface area contributed by atoms with E-state index in [9.17, 15) is 9.59 Å². The van der Waals surface area contributed by atoms with Crippen LogP contribution in [0.4, 0.5) is 0 Å². The number of nitrogens with zero attached hydrogens (tertiary/aromatic N) is 3. The zero-order chi connectivity index (χ0) is 17.3. The molecule has 0 unspecified atom stereocenters. The van der Waals surface area contributed by atoms with Gasteiger partial charge in [0.25, 0.3) is 0 Å². The molecule has 0 spiro atoms. The molecule has 24 heavy (non-hydrogen) atoms. The van der Waals surface area contributed by atoms with Gasteiger partial charge in [-0.1, -0.05) is 11.6 Å². The number of hydrogen-bond donors (Lipinski definition) is 1. The van der Waals surface area contributed by atoms with Gasteiger partial charge < -0.3 is 10.2 Å². The van der Waals surface area contributed by atoms with Crippen LogP contribution in [0.5, 0.6) is 0 Å². The molecule has 6 heteroatoms. The number of aromatic nitrogens is 2. The SMILES string of the molecule is Cc1c([C@@H]2[C@@H](C(=O)NCCC3=CCCC3)CC(=O)N2C)cnn1C. The molecule has 0 aromatic carbocycles. The first kappa shape index (κ1) is 16.7. The number of aryl methyl sites for hydroxylation is 1. The average molecular weight is 330 g/mol. The number of nitrogens with one attached hydrogen (secondary N) is 1. The first-order valence-corrected chi connectivity index (χ1v) is 8.69. The fourth-order valence-electron chi connectivity index (χ4n) is 3.78. The number of likely N-dealkylation sites (tertiary alicyclic amines) is 1. The smallest absolute Gasteiger partial charge is 0.226 e. The summed E-state index contributed by atoms with van der Waals surface area (Å²) in [6.45, 7) is 2.62. The van der Waals surface area contributed by atoms with Crippen LogP contribution in [0, 0.1) is 12.8 Å². The van der Waals surface area contributed by atoms with Gasteiger partial charge in [-0.25, -0.2) is 0 Å². The third-order valence-electron chi connectivity index (χ3n) is 5.40. The molecule has 2 atom stereocenters. The van der Waals surface area contributed by atoms with E-state index in [0.717, 1.165) is 30.5 Å². The Bertz CT molecular complexity index is 677. The normalized spacial score (nSPS) is 23.7. The van der Waals surface area contributed by atoms with Crippen LogP contribution >= 0.6 is 0 Å². The maximum Gasteiger partial charge on any atom is 0.226 e. The number of amides is 2. The van der Waals surface area contributed by atoms with Crippen molar-refractivity contribution in [3.63, 3.8) is 0 Å². The van der Waals surface area contributed by atoms with Crippen molar-refractivity contribution < 1.29 is 9.59 Å². The Balaban J connectivity index is 1.68. The van der Waals surface area contributed by atoms with Crippen LogP contribution in [0.15, 0.2) is 17.8 Å². The lowest BCUT2D eigenvalue weighted by molar-refractivity contribution is -0.128. The monoisotopic (exact) mass is 330 g/mol. The van der Waals surface area contributed by atoms with Crippen LogP contribution in [0.25, 0.3) is 0 Å². The molecule has 1 aliphatic carbocycles. The molecule has 2 aliphatic rings. The van der Waals surface area contributed by atoms with E-state index in [0.29, 0.717) is 6.54 Å². The molecule has 3 rings (SSSR count). The lowest BCUT2D eigenvalue weighted by Crippen LogP contribution is -2.35. The highest BCUT2D eigenvalue weighted by Gasteiger charge is 2.43. The summed E-state index contributed by atoms with van der Waals surface area (Å²) in [7, 11) is 3.65. The zero-order valence-electron chi connectivity index (χ0n) is 14.7. The van der Waals surface area contributed by atoms with Gasteiger partial charge in [-0.2, -0.15) is 5.10 Å². The van der Waals surface area contributed by atoms with Gasteiger partial charge in [0.15, 0.2) is 0 Å². The summed E-state index contributed by atoms with van der Waals surface area (Å²) in [6.07, 6.45) is 8.78. The molecule has 0 bridgehead atoms. The second kappa shape index (κ2) is 6.79. The van der Waals surface area contributed by atoms with Crippen molar-refractivity contribution in [2.24, 2.45) is 13.0 Å². The molecule has 1 N–H and O–H groups in total. The van der Waals surface area contributed by atoms with Crippen molar-refractivity contribution in [2.45, 2.75) is 45.1 Å². The van der Waals surface area contributed by atoms with Crippen molar-refractivity contribution >= 4 is 11.8 Å². The van der Waals surface area contributed by atoms with Crippen molar-refractivity contribution in [1.29, 1.82) is 0 Å². The van der Waals surface area contributed by atoms with Gasteiger partial charge in [0.1, 0.15) is 0 Å². The van der Waals surface area contributed by atoms with E-state index >= 15 is 0 Å². The summed E-state index contributed by atoms with van der Waals surface area (Å²) in [5.41, 5.74) is 3.40. The maximum atomic E-state index is 12.7. The zero-order valence-corrected chi connectivity index (χ0v) is 14.7. The van der Waals surface area contributed by atoms with Crippen LogP contribution in [0.3, 0.4) is 0 Å². The third-order valence-corrected chi connectivity index (χ3v) is 5.40. The summed E-state index contributed by atoms with van der Waals surface area (Å²) in [6, 6.07) is -0.225. The molecular formula is C18H26N4O2. The lowest BCUT2D eigenvalue weighted by atomic mass is 9.93. The lowest BCUT2D eigenvalue weighted by Gasteiger charge is -2.24. The van der Waals surface area contributed by atoms with E-state index in [-0.39, 0.29) is 30.2 Å². The Morgan fingerprint density at radius 3 is 2.83 bits per heavy atom. The van der Waals surface area contributed by atoms with Gasteiger partial charge in [0.2, 0.25) is 11.8 Å². The predicted molar refractivity (Wildman–Crippen MR) is 91.1 cm³/mol. The van der Waals surface area contributed by atoms with Gasteiger partial charge in [-0.15, -0.1) is 0 Å². The fraction of sp³-hybridized carbons (Fsp3) is 0.611. The minimum absolute atomic E-state index is 0.0157. The van der Waals surface area contributed by atoms with Gasteiger partial charge >= 0.3 is 0 Å². The average Bonchev–Trinajstić information content (AvgIpc) is 3.24. The van der Waals surface area contributed by atoms with Crippen LogP contribution in [-0.2, 0) is 16.6 Å². The Hall–Kier alpha value is -2.11. The van der Waals surface area contributed by atoms with Gasteiger partial charge in [0, 0.05) is 38.3 Å². The van der Waals surface area contributed by atoms with E-state index in [2.05, 4.69) is 16.5 Å². The Morgan fingerprint density at radius 1 is 1.42 bits per heavy atom. The summed E-state index contributed by atoms with van der Waals surface area (Å²) in [4.78, 5) is 26.5. The molecule has 2 heterocycles. The molecule has 6 nitrogen and oxygen atoms in total. The van der Waals surface area contributed by atoms with Gasteiger partial charge in [-0.05, 0) is 32.6 Å². The highest BCUT2D eigenvalue weighted by molar-refractivity contribution is 5.90. The first-order chi connectivity index (χ1) is 11.5. The standard InChI is InChI=1S/C18H26N4O2/c1-12-15(11-20-22(12)3)17-14(10-16(23)21(17)2)18(24)19-9-8-13-6-4-5-7-13/h6,11,14,17H,4-5,7-10H2,1-3H3,(H,19,24)/t14-,17-/m0/s1. The van der Waals surface area contributed by atoms with E-state index in [1.54, 1.807) is 22.8 Å². The summed E-state index contributed by atoms with van der Waals surface area (Å²) >= 11 is 0. The number of hydrogen-bond acceptors (Lipinski definition) is 3. The number of allylic oxidation sites excluding steroid dienone is 1. The second-order valence-corrected chi connectivity index (χ2v) is 6.86. The molecular weight excluding hydrogens is 304 g/mol. The fourth-order valence-corrected chi connectivity index (χ4v) is 3.78. The maximum absolute atomic E-state index is 12.7. The number of carbonyl (C=O) groups is 2. The third kappa shape index (κ3) is 3.09. The van der Waals surface area contributed by atoms with Gasteiger partial charge in [0.05, 0.1) is 18.2 Å². The Kier molecular flexibility index (Phi) is 4.73. The molecule has 0 saturated carbocycles. The van der Waals surface area contributed by atoms with Crippen LogP contribution in [-0.4, -0.2) is 40.1 Å². The van der Waals surface area contributed by atoms with E-state index in [1.165, 1.54) is 12.0 Å². The Labute approximate surface area is 142 Å². The van der Waals surface area contributed by atoms with E-state index in [1.807, 2.05) is 14.0 Å². The van der Waals surface area contributed by atoms with Crippen molar-refractivity contribution in [3.05, 3.63) is 29.1 Å². The molecule has 130 valence electrons. The van der Waals surface area contributed by atoms with Crippen LogP contribution in [0.1, 0.15) is 49.4 Å². The highest BCUT2D eigenvalue weighted by atomic mass is 16.2. The molecule has 1 aromatic rings. The summed E-state index contributed by atoms with van der Waals surface area (Å²) in [5.74, 6) is -0.357. The molecule has 1 fully saturated rings. The minimum atomic E-state index is -0.344. The summed E-state index contributed by atoms with van der Waals surface area (Å²) < 4.78 is 1.79. The van der Waals surface area contributed by atoms with Crippen LogP contribution < -0.4 is 5.32 Å². The highest BCUT2D eigenvalue weighted by Crippen LogP contribution is 2.38. The number of carbonyl (C=O) groups excluding carboxylic acids is 2. The summed E-state index contributed by atoms with van der Waals surface area (Å²) in [5, 5.41) is 7.30. The number of rotatable bonds is 5. The molecule has 1 saturated heterocycles. The predicted octanol–water partition coefficient (Wildman–Crippen LogP) is 1.86. The molecule has 0 radical (unpaired) electrons. The van der Waals surface area contributed by atoms with Crippen LogP contribution in [0.2, 0.25) is 0 Å². The van der Waals surface area contributed by atoms with Crippen molar-refractivity contribution in [1.82, 2.24) is 20.0 Å². The minimum Gasteiger partial charge on any atom is -0.355 e. The molecule has 2 amide bonds. The van der Waals surface area contributed by atoms with Crippen molar-refractivity contribution in [2.75, 3.05) is 13.6 Å². The quantitative estimate of drug-likeness (QED) is 0.838. The van der Waals surface area contributed by atoms with E-state index in [4.69, 9.17) is 0 Å². The molecule has 1 aliphatic heterocycles.